The van der Waals surface area contributed by atoms with Gasteiger partial charge in [0.15, 0.2) is 0 Å². The normalized spacial score (nSPS) is 18.2. The van der Waals surface area contributed by atoms with Crippen LogP contribution < -0.4 is 4.72 Å². The van der Waals surface area contributed by atoms with E-state index in [1.807, 2.05) is 6.92 Å². The average molecular weight is 370 g/mol. The van der Waals surface area contributed by atoms with Gasteiger partial charge in [-0.2, -0.15) is 0 Å². The molecule has 1 aliphatic rings. The fraction of sp³-hybridized carbons (Fsp3) is 0.625. The third-order valence-electron chi connectivity index (χ3n) is 4.57. The van der Waals surface area contributed by atoms with Crippen molar-refractivity contribution in [2.24, 2.45) is 0 Å². The smallest absolute Gasteiger partial charge is 0.269 e. The van der Waals surface area contributed by atoms with E-state index in [-0.39, 0.29) is 17.5 Å². The minimum atomic E-state index is -3.37. The van der Waals surface area contributed by atoms with Gasteiger partial charge in [0.05, 0.1) is 10.7 Å². The molecule has 0 aliphatic carbocycles. The zero-order valence-electron chi connectivity index (χ0n) is 14.7. The van der Waals surface area contributed by atoms with Crippen molar-refractivity contribution in [1.29, 1.82) is 0 Å². The van der Waals surface area contributed by atoms with E-state index < -0.39 is 14.9 Å². The predicted molar refractivity (Wildman–Crippen MR) is 97.1 cm³/mol. The van der Waals surface area contributed by atoms with Gasteiger partial charge < -0.3 is 4.90 Å². The fourth-order valence-corrected chi connectivity index (χ4v) is 3.89. The third-order valence-corrected chi connectivity index (χ3v) is 5.91. The molecule has 0 saturated carbocycles. The van der Waals surface area contributed by atoms with Gasteiger partial charge in [-0.15, -0.1) is 0 Å². The lowest BCUT2D eigenvalue weighted by Crippen LogP contribution is -2.51. The van der Waals surface area contributed by atoms with E-state index in [2.05, 4.69) is 21.6 Å². The summed E-state index contributed by atoms with van der Waals surface area (Å²) in [6.07, 6.45) is 0.330. The number of benzene rings is 1. The topological polar surface area (TPSA) is 95.8 Å². The van der Waals surface area contributed by atoms with E-state index in [0.29, 0.717) is 13.0 Å². The van der Waals surface area contributed by atoms with Crippen LogP contribution >= 0.6 is 0 Å². The van der Waals surface area contributed by atoms with E-state index in [1.165, 1.54) is 12.1 Å². The van der Waals surface area contributed by atoms with Crippen molar-refractivity contribution in [3.8, 4) is 0 Å². The highest BCUT2D eigenvalue weighted by Gasteiger charge is 2.20. The molecule has 0 amide bonds. The summed E-state index contributed by atoms with van der Waals surface area (Å²) in [7, 11) is -1.29. The number of nitro groups is 1. The molecule has 1 aliphatic heterocycles. The molecule has 0 spiro atoms. The van der Waals surface area contributed by atoms with Crippen molar-refractivity contribution in [3.63, 3.8) is 0 Å². The zero-order chi connectivity index (χ0) is 18.4. The summed E-state index contributed by atoms with van der Waals surface area (Å²) in [4.78, 5) is 14.7. The Bertz CT molecular complexity index is 670. The summed E-state index contributed by atoms with van der Waals surface area (Å²) >= 11 is 0. The van der Waals surface area contributed by atoms with Crippen LogP contribution in [-0.2, 0) is 16.4 Å². The lowest BCUT2D eigenvalue weighted by Gasteiger charge is -2.36. The number of likely N-dealkylation sites (N-methyl/N-ethyl adjacent to an activating group) is 1. The Hall–Kier alpha value is -1.55. The summed E-state index contributed by atoms with van der Waals surface area (Å²) < 4.78 is 27.0. The molecule has 140 valence electrons. The van der Waals surface area contributed by atoms with Gasteiger partial charge >= 0.3 is 0 Å². The van der Waals surface area contributed by atoms with Crippen molar-refractivity contribution in [2.45, 2.75) is 19.4 Å². The maximum Gasteiger partial charge on any atom is 0.269 e. The largest absolute Gasteiger partial charge is 0.304 e. The molecule has 1 aromatic rings. The molecule has 0 bridgehead atoms. The van der Waals surface area contributed by atoms with E-state index >= 15 is 0 Å². The number of rotatable bonds is 8. The van der Waals surface area contributed by atoms with Crippen LogP contribution in [0.15, 0.2) is 24.3 Å². The first kappa shape index (κ1) is 19.8. The Labute approximate surface area is 149 Å². The van der Waals surface area contributed by atoms with Crippen molar-refractivity contribution in [1.82, 2.24) is 14.5 Å². The molecule has 1 fully saturated rings. The molecule has 2 rings (SSSR count). The lowest BCUT2D eigenvalue weighted by atomic mass is 10.1. The quantitative estimate of drug-likeness (QED) is 0.534. The number of nitro benzene ring substituents is 1. The van der Waals surface area contributed by atoms with E-state index in [9.17, 15) is 18.5 Å². The summed E-state index contributed by atoms with van der Waals surface area (Å²) in [6.45, 7) is 6.31. The van der Waals surface area contributed by atoms with Crippen molar-refractivity contribution < 1.29 is 13.3 Å². The van der Waals surface area contributed by atoms with E-state index in [1.54, 1.807) is 12.1 Å². The molecule has 9 heteroatoms. The SMILES string of the molecule is C[C@H](CNS(=O)(=O)CCc1ccc([N+](=O)[O-])cc1)N1CCN(C)CC1. The van der Waals surface area contributed by atoms with Gasteiger partial charge in [0.25, 0.3) is 5.69 Å². The molecular weight excluding hydrogens is 344 g/mol. The first-order chi connectivity index (χ1) is 11.8. The second-order valence-electron chi connectivity index (χ2n) is 6.53. The number of hydrogen-bond acceptors (Lipinski definition) is 6. The summed E-state index contributed by atoms with van der Waals surface area (Å²) in [5, 5.41) is 10.6. The molecule has 0 aromatic heterocycles. The first-order valence-corrected chi connectivity index (χ1v) is 10.1. The Morgan fingerprint density at radius 3 is 2.36 bits per heavy atom. The van der Waals surface area contributed by atoms with Gasteiger partial charge in [0.2, 0.25) is 10.0 Å². The maximum absolute atomic E-state index is 12.2. The fourth-order valence-electron chi connectivity index (χ4n) is 2.75. The molecule has 25 heavy (non-hydrogen) atoms. The number of nitrogens with zero attached hydrogens (tertiary/aromatic N) is 3. The number of piperazine rings is 1. The van der Waals surface area contributed by atoms with Gasteiger partial charge in [-0.25, -0.2) is 13.1 Å². The van der Waals surface area contributed by atoms with Crippen molar-refractivity contribution >= 4 is 15.7 Å². The van der Waals surface area contributed by atoms with Crippen LogP contribution in [0.25, 0.3) is 0 Å². The minimum absolute atomic E-state index is 0.00531. The molecule has 1 saturated heterocycles. The molecular formula is C16H26N4O4S. The van der Waals surface area contributed by atoms with Gasteiger partial charge in [-0.3, -0.25) is 15.0 Å². The Kier molecular flexibility index (Phi) is 6.88. The zero-order valence-corrected chi connectivity index (χ0v) is 15.5. The Morgan fingerprint density at radius 2 is 1.80 bits per heavy atom. The van der Waals surface area contributed by atoms with Crippen LogP contribution in [0.1, 0.15) is 12.5 Å². The first-order valence-electron chi connectivity index (χ1n) is 8.40. The lowest BCUT2D eigenvalue weighted by molar-refractivity contribution is -0.384. The number of aryl methyl sites for hydroxylation is 1. The van der Waals surface area contributed by atoms with E-state index in [4.69, 9.17) is 0 Å². The molecule has 1 N–H and O–H groups in total. The third kappa shape index (κ3) is 6.35. The van der Waals surface area contributed by atoms with Gasteiger partial charge in [0, 0.05) is 50.9 Å². The molecule has 1 atom stereocenters. The number of sulfonamides is 1. The van der Waals surface area contributed by atoms with Gasteiger partial charge in [0.1, 0.15) is 0 Å². The maximum atomic E-state index is 12.2. The second-order valence-corrected chi connectivity index (χ2v) is 8.46. The Morgan fingerprint density at radius 1 is 1.20 bits per heavy atom. The standard InChI is InChI=1S/C16H26N4O4S/c1-14(19-10-8-18(2)9-11-19)13-17-25(23,24)12-7-15-3-5-16(6-4-15)20(21)22/h3-6,14,17H,7-13H2,1-2H3/t14-/m1/s1. The van der Waals surface area contributed by atoms with Crippen LogP contribution in [0.5, 0.6) is 0 Å². The number of nitrogens with one attached hydrogen (secondary N) is 1. The van der Waals surface area contributed by atoms with Crippen LogP contribution in [0.3, 0.4) is 0 Å². The van der Waals surface area contributed by atoms with E-state index in [0.717, 1.165) is 31.7 Å². The molecule has 0 radical (unpaired) electrons. The highest BCUT2D eigenvalue weighted by Crippen LogP contribution is 2.12. The summed E-state index contributed by atoms with van der Waals surface area (Å²) in [5.74, 6) is -0.0275. The molecule has 8 nitrogen and oxygen atoms in total. The predicted octanol–water partition coefficient (Wildman–Crippen LogP) is 0.693. The van der Waals surface area contributed by atoms with Crippen molar-refractivity contribution in [2.75, 3.05) is 45.5 Å². The number of non-ortho nitro benzene ring substituents is 1. The Balaban J connectivity index is 1.78. The second kappa shape index (κ2) is 8.70. The molecule has 1 heterocycles. The number of hydrogen-bond donors (Lipinski definition) is 1. The van der Waals surface area contributed by atoms with Gasteiger partial charge in [-0.05, 0) is 26.0 Å². The monoisotopic (exact) mass is 370 g/mol. The average Bonchev–Trinajstić information content (AvgIpc) is 2.59. The van der Waals surface area contributed by atoms with Crippen molar-refractivity contribution in [3.05, 3.63) is 39.9 Å². The highest BCUT2D eigenvalue weighted by atomic mass is 32.2. The summed E-state index contributed by atoms with van der Waals surface area (Å²) in [5.41, 5.74) is 0.772. The van der Waals surface area contributed by atoms with Crippen LogP contribution in [0, 0.1) is 10.1 Å². The van der Waals surface area contributed by atoms with Crippen LogP contribution in [-0.4, -0.2) is 74.7 Å². The molecule has 1 aromatic carbocycles. The minimum Gasteiger partial charge on any atom is -0.304 e. The summed E-state index contributed by atoms with van der Waals surface area (Å²) in [6, 6.07) is 6.14. The van der Waals surface area contributed by atoms with Crippen LogP contribution in [0.2, 0.25) is 0 Å². The van der Waals surface area contributed by atoms with Crippen LogP contribution in [0.4, 0.5) is 5.69 Å². The van der Waals surface area contributed by atoms with Gasteiger partial charge in [-0.1, -0.05) is 12.1 Å². The molecule has 0 unspecified atom stereocenters. The highest BCUT2D eigenvalue weighted by molar-refractivity contribution is 7.89.